The van der Waals surface area contributed by atoms with Gasteiger partial charge in [-0.25, -0.2) is 13.4 Å². The summed E-state index contributed by atoms with van der Waals surface area (Å²) in [6.07, 6.45) is 1.15. The van der Waals surface area contributed by atoms with Gasteiger partial charge in [0.2, 0.25) is 21.8 Å². The van der Waals surface area contributed by atoms with E-state index in [-0.39, 0.29) is 34.9 Å². The Balaban J connectivity index is 1.81. The third-order valence-electron chi connectivity index (χ3n) is 5.12. The van der Waals surface area contributed by atoms with Crippen molar-refractivity contribution in [1.29, 1.82) is 0 Å². The van der Waals surface area contributed by atoms with Crippen LogP contribution in [0.1, 0.15) is 46.2 Å². The molecular formula is C22H30N4O5S2. The van der Waals surface area contributed by atoms with Crippen LogP contribution in [0.5, 0.6) is 5.75 Å². The van der Waals surface area contributed by atoms with Crippen LogP contribution in [0.15, 0.2) is 28.5 Å². The second-order valence-electron chi connectivity index (χ2n) is 7.91. The monoisotopic (exact) mass is 494 g/mol. The predicted octanol–water partition coefficient (Wildman–Crippen LogP) is 3.27. The molecule has 1 aliphatic rings. The van der Waals surface area contributed by atoms with E-state index in [0.717, 1.165) is 6.42 Å². The number of nitrogens with one attached hydrogen (secondary N) is 1. The van der Waals surface area contributed by atoms with Crippen molar-refractivity contribution < 1.29 is 22.7 Å². The summed E-state index contributed by atoms with van der Waals surface area (Å²) in [5.41, 5.74) is 0.831. The molecule has 0 unspecified atom stereocenters. The van der Waals surface area contributed by atoms with Crippen molar-refractivity contribution in [3.05, 3.63) is 29.3 Å². The van der Waals surface area contributed by atoms with Gasteiger partial charge in [0, 0.05) is 31.4 Å². The van der Waals surface area contributed by atoms with E-state index in [4.69, 9.17) is 4.74 Å². The van der Waals surface area contributed by atoms with Crippen LogP contribution in [0.3, 0.4) is 0 Å². The first-order valence-corrected chi connectivity index (χ1v) is 13.3. The Morgan fingerprint density at radius 3 is 2.64 bits per heavy atom. The van der Waals surface area contributed by atoms with Gasteiger partial charge < -0.3 is 10.1 Å². The van der Waals surface area contributed by atoms with Crippen LogP contribution in [0, 0.1) is 0 Å². The van der Waals surface area contributed by atoms with Gasteiger partial charge in [-0.15, -0.1) is 11.3 Å². The lowest BCUT2D eigenvalue weighted by molar-refractivity contribution is -0.117. The topological polar surface area (TPSA) is 109 Å². The number of ether oxygens (including phenoxy) is 1. The van der Waals surface area contributed by atoms with Crippen LogP contribution >= 0.6 is 11.3 Å². The smallest absolute Gasteiger partial charge is 0.243 e. The fourth-order valence-electron chi connectivity index (χ4n) is 3.55. The number of nitrogens with zero attached hydrogens (tertiary/aromatic N) is 3. The molecule has 3 rings (SSSR count). The number of hydrogen-bond donors (Lipinski definition) is 1. The number of benzene rings is 1. The fourth-order valence-corrected chi connectivity index (χ4v) is 5.90. The summed E-state index contributed by atoms with van der Waals surface area (Å²) in [7, 11) is -3.70. The molecule has 1 fully saturated rings. The Kier molecular flexibility index (Phi) is 8.09. The highest BCUT2D eigenvalue weighted by Crippen LogP contribution is 2.31. The summed E-state index contributed by atoms with van der Waals surface area (Å²) >= 11 is 1.33. The highest BCUT2D eigenvalue weighted by atomic mass is 32.2. The van der Waals surface area contributed by atoms with E-state index in [1.165, 1.54) is 27.8 Å². The van der Waals surface area contributed by atoms with Gasteiger partial charge in [-0.05, 0) is 38.5 Å². The second kappa shape index (κ2) is 10.6. The quantitative estimate of drug-likeness (QED) is 0.543. The predicted molar refractivity (Wildman–Crippen MR) is 128 cm³/mol. The Morgan fingerprint density at radius 1 is 1.30 bits per heavy atom. The summed E-state index contributed by atoms with van der Waals surface area (Å²) in [6.45, 7) is 8.58. The summed E-state index contributed by atoms with van der Waals surface area (Å²) in [5, 5.41) is 5.13. The molecule has 0 saturated carbocycles. The van der Waals surface area contributed by atoms with Crippen LogP contribution < -0.4 is 15.0 Å². The van der Waals surface area contributed by atoms with Gasteiger partial charge in [0.1, 0.15) is 5.75 Å². The highest BCUT2D eigenvalue weighted by molar-refractivity contribution is 7.89. The van der Waals surface area contributed by atoms with E-state index in [1.807, 2.05) is 13.8 Å². The van der Waals surface area contributed by atoms with Gasteiger partial charge in [0.15, 0.2) is 5.13 Å². The van der Waals surface area contributed by atoms with Crippen molar-refractivity contribution in [2.24, 2.45) is 0 Å². The van der Waals surface area contributed by atoms with Crippen molar-refractivity contribution in [3.8, 4) is 5.75 Å². The molecule has 0 bridgehead atoms. The maximum absolute atomic E-state index is 12.9. The molecule has 0 atom stereocenters. The Bertz CT molecular complexity index is 1110. The first-order chi connectivity index (χ1) is 15.6. The zero-order chi connectivity index (χ0) is 24.2. The zero-order valence-corrected chi connectivity index (χ0v) is 21.0. The number of aromatic nitrogens is 1. The van der Waals surface area contributed by atoms with Gasteiger partial charge >= 0.3 is 0 Å². The molecule has 1 aliphatic heterocycles. The van der Waals surface area contributed by atoms with E-state index in [2.05, 4.69) is 10.3 Å². The Labute approximate surface area is 198 Å². The number of hydrogen-bond acceptors (Lipinski definition) is 7. The standard InChI is InChI=1S/C22H30N4O5S2/c1-5-25(6-2)33(29,30)17-9-10-19(31-15(3)4)18(13-17)24-20(27)12-16-14-32-22(23-16)26-11-7-8-21(26)28/h9-10,13-15H,5-8,11-12H2,1-4H3,(H,24,27). The van der Waals surface area contributed by atoms with Crippen LogP contribution in [-0.4, -0.2) is 55.3 Å². The van der Waals surface area contributed by atoms with Gasteiger partial charge in [-0.2, -0.15) is 4.31 Å². The SMILES string of the molecule is CCN(CC)S(=O)(=O)c1ccc(OC(C)C)c(NC(=O)Cc2csc(N3CCCC3=O)n2)c1. The first-order valence-electron chi connectivity index (χ1n) is 11.0. The molecule has 33 heavy (non-hydrogen) atoms. The minimum absolute atomic E-state index is 0.00727. The molecule has 1 aromatic carbocycles. The minimum Gasteiger partial charge on any atom is -0.489 e. The lowest BCUT2D eigenvalue weighted by Gasteiger charge is -2.20. The molecule has 1 N–H and O–H groups in total. The number of rotatable bonds is 10. The van der Waals surface area contributed by atoms with E-state index in [1.54, 1.807) is 30.2 Å². The normalized spacial score (nSPS) is 14.4. The van der Waals surface area contributed by atoms with Gasteiger partial charge in [-0.3, -0.25) is 14.5 Å². The average Bonchev–Trinajstić information content (AvgIpc) is 3.38. The number of carbonyl (C=O) groups excluding carboxylic acids is 2. The van der Waals surface area contributed by atoms with E-state index in [0.29, 0.717) is 42.6 Å². The first kappa shape index (κ1) is 25.1. The molecule has 2 heterocycles. The van der Waals surface area contributed by atoms with Crippen molar-refractivity contribution in [1.82, 2.24) is 9.29 Å². The van der Waals surface area contributed by atoms with E-state index < -0.39 is 10.0 Å². The molecule has 0 spiro atoms. The molecule has 1 saturated heterocycles. The van der Waals surface area contributed by atoms with Crippen LogP contribution in [0.4, 0.5) is 10.8 Å². The molecule has 2 amide bonds. The maximum atomic E-state index is 12.9. The lowest BCUT2D eigenvalue weighted by Crippen LogP contribution is -2.30. The molecule has 11 heteroatoms. The molecule has 2 aromatic rings. The minimum atomic E-state index is -3.70. The van der Waals surface area contributed by atoms with Crippen molar-refractivity contribution >= 4 is 44.0 Å². The van der Waals surface area contributed by atoms with Crippen LogP contribution in [0.2, 0.25) is 0 Å². The van der Waals surface area contributed by atoms with Crippen LogP contribution in [0.25, 0.3) is 0 Å². The summed E-state index contributed by atoms with van der Waals surface area (Å²) in [5.74, 6) is 0.0751. The van der Waals surface area contributed by atoms with Crippen molar-refractivity contribution in [2.45, 2.75) is 58.0 Å². The lowest BCUT2D eigenvalue weighted by atomic mass is 10.2. The third kappa shape index (κ3) is 5.90. The molecule has 1 aromatic heterocycles. The number of anilines is 2. The Hall–Kier alpha value is -2.50. The zero-order valence-electron chi connectivity index (χ0n) is 19.3. The molecule has 0 radical (unpaired) electrons. The van der Waals surface area contributed by atoms with Crippen molar-refractivity contribution in [2.75, 3.05) is 29.9 Å². The molecular weight excluding hydrogens is 464 g/mol. The van der Waals surface area contributed by atoms with Crippen molar-refractivity contribution in [3.63, 3.8) is 0 Å². The summed E-state index contributed by atoms with van der Waals surface area (Å²) in [4.78, 5) is 30.9. The van der Waals surface area contributed by atoms with E-state index in [9.17, 15) is 18.0 Å². The summed E-state index contributed by atoms with van der Waals surface area (Å²) in [6, 6.07) is 4.48. The molecule has 180 valence electrons. The average molecular weight is 495 g/mol. The Morgan fingerprint density at radius 2 is 2.03 bits per heavy atom. The largest absolute Gasteiger partial charge is 0.489 e. The van der Waals surface area contributed by atoms with Gasteiger partial charge in [0.25, 0.3) is 0 Å². The molecule has 9 nitrogen and oxygen atoms in total. The highest BCUT2D eigenvalue weighted by Gasteiger charge is 2.25. The molecule has 0 aliphatic carbocycles. The number of amides is 2. The van der Waals surface area contributed by atoms with Gasteiger partial charge in [-0.1, -0.05) is 13.8 Å². The summed E-state index contributed by atoms with van der Waals surface area (Å²) < 4.78 is 33.0. The number of sulfonamides is 1. The number of thiazole rings is 1. The van der Waals surface area contributed by atoms with Gasteiger partial charge in [0.05, 0.1) is 28.8 Å². The number of carbonyl (C=O) groups is 2. The maximum Gasteiger partial charge on any atom is 0.243 e. The fraction of sp³-hybridized carbons (Fsp3) is 0.500. The van der Waals surface area contributed by atoms with Crippen LogP contribution in [-0.2, 0) is 26.0 Å². The third-order valence-corrected chi connectivity index (χ3v) is 8.07. The second-order valence-corrected chi connectivity index (χ2v) is 10.7. The van der Waals surface area contributed by atoms with E-state index >= 15 is 0 Å².